The van der Waals surface area contributed by atoms with Gasteiger partial charge in [-0.25, -0.2) is 8.78 Å². The van der Waals surface area contributed by atoms with Crippen LogP contribution in [0.3, 0.4) is 0 Å². The van der Waals surface area contributed by atoms with E-state index in [1.54, 1.807) is 18.2 Å². The van der Waals surface area contributed by atoms with Crippen molar-refractivity contribution in [2.24, 2.45) is 0 Å². The van der Waals surface area contributed by atoms with E-state index in [4.69, 9.17) is 10.00 Å². The lowest BCUT2D eigenvalue weighted by molar-refractivity contribution is 0.0215. The molecule has 0 aromatic heterocycles. The van der Waals surface area contributed by atoms with E-state index in [9.17, 15) is 8.78 Å². The lowest BCUT2D eigenvalue weighted by atomic mass is 10.2. The number of halogens is 3. The Kier molecular flexibility index (Phi) is 5.87. The minimum absolute atomic E-state index is 0.168. The third kappa shape index (κ3) is 5.11. The Bertz CT molecular complexity index is 407. The van der Waals surface area contributed by atoms with Crippen molar-refractivity contribution in [1.82, 2.24) is 0 Å². The second-order valence-corrected chi connectivity index (χ2v) is 4.11. The SMILES string of the molecule is N#Cc1ccc(Br)cc1NCCOCC(F)F. The van der Waals surface area contributed by atoms with Gasteiger partial charge in [0.15, 0.2) is 0 Å². The average Bonchev–Trinajstić information content (AvgIpc) is 2.28. The van der Waals surface area contributed by atoms with Gasteiger partial charge < -0.3 is 10.1 Å². The molecule has 1 aromatic carbocycles. The molecule has 0 unspecified atom stereocenters. The summed E-state index contributed by atoms with van der Waals surface area (Å²) in [4.78, 5) is 0. The topological polar surface area (TPSA) is 45.0 Å². The molecular formula is C11H11BrF2N2O. The number of hydrogen-bond acceptors (Lipinski definition) is 3. The molecule has 1 aromatic rings. The number of hydrogen-bond donors (Lipinski definition) is 1. The van der Waals surface area contributed by atoms with E-state index in [-0.39, 0.29) is 6.61 Å². The van der Waals surface area contributed by atoms with E-state index in [1.165, 1.54) is 0 Å². The second kappa shape index (κ2) is 7.20. The van der Waals surface area contributed by atoms with Gasteiger partial charge in [0.2, 0.25) is 0 Å². The molecule has 0 radical (unpaired) electrons. The molecule has 0 spiro atoms. The van der Waals surface area contributed by atoms with E-state index >= 15 is 0 Å². The van der Waals surface area contributed by atoms with Crippen molar-refractivity contribution in [1.29, 1.82) is 5.26 Å². The van der Waals surface area contributed by atoms with Gasteiger partial charge >= 0.3 is 0 Å². The summed E-state index contributed by atoms with van der Waals surface area (Å²) in [6.07, 6.45) is -2.45. The largest absolute Gasteiger partial charge is 0.382 e. The highest BCUT2D eigenvalue weighted by Crippen LogP contribution is 2.20. The number of nitrogens with one attached hydrogen (secondary N) is 1. The molecule has 0 amide bonds. The van der Waals surface area contributed by atoms with Crippen LogP contribution in [-0.2, 0) is 4.74 Å². The third-order valence-corrected chi connectivity index (χ3v) is 2.40. The maximum atomic E-state index is 11.8. The van der Waals surface area contributed by atoms with Crippen molar-refractivity contribution in [2.45, 2.75) is 6.43 Å². The molecule has 6 heteroatoms. The summed E-state index contributed by atoms with van der Waals surface area (Å²) < 4.78 is 29.1. The van der Waals surface area contributed by atoms with Crippen LogP contribution in [0, 0.1) is 11.3 Å². The maximum absolute atomic E-state index is 11.8. The highest BCUT2D eigenvalue weighted by Gasteiger charge is 2.03. The summed E-state index contributed by atoms with van der Waals surface area (Å²) in [6, 6.07) is 7.23. The zero-order chi connectivity index (χ0) is 12.7. The van der Waals surface area contributed by atoms with E-state index < -0.39 is 13.0 Å². The molecule has 0 heterocycles. The summed E-state index contributed by atoms with van der Waals surface area (Å²) in [5.41, 5.74) is 1.16. The van der Waals surface area contributed by atoms with Gasteiger partial charge in [-0.3, -0.25) is 0 Å². The Balaban J connectivity index is 2.41. The molecule has 0 saturated carbocycles. The number of ether oxygens (including phenoxy) is 1. The first-order chi connectivity index (χ1) is 8.13. The predicted molar refractivity (Wildman–Crippen MR) is 64.2 cm³/mol. The van der Waals surface area contributed by atoms with Crippen molar-refractivity contribution >= 4 is 21.6 Å². The molecule has 1 rings (SSSR count). The summed E-state index contributed by atoms with van der Waals surface area (Å²) in [6.45, 7) is -0.0230. The number of nitriles is 1. The first kappa shape index (κ1) is 13.9. The van der Waals surface area contributed by atoms with Crippen molar-refractivity contribution < 1.29 is 13.5 Å². The Hall–Kier alpha value is -1.19. The van der Waals surface area contributed by atoms with Crippen molar-refractivity contribution in [3.05, 3.63) is 28.2 Å². The second-order valence-electron chi connectivity index (χ2n) is 3.19. The number of benzene rings is 1. The van der Waals surface area contributed by atoms with Crippen LogP contribution < -0.4 is 5.32 Å². The molecule has 3 nitrogen and oxygen atoms in total. The number of anilines is 1. The van der Waals surface area contributed by atoms with Gasteiger partial charge in [0.1, 0.15) is 12.7 Å². The Morgan fingerprint density at radius 2 is 2.24 bits per heavy atom. The van der Waals surface area contributed by atoms with Crippen LogP contribution >= 0.6 is 15.9 Å². The zero-order valence-electron chi connectivity index (χ0n) is 8.92. The fraction of sp³-hybridized carbons (Fsp3) is 0.364. The van der Waals surface area contributed by atoms with Crippen LogP contribution in [0.2, 0.25) is 0 Å². The smallest absolute Gasteiger partial charge is 0.261 e. The normalized spacial score (nSPS) is 10.3. The fourth-order valence-electron chi connectivity index (χ4n) is 1.19. The molecule has 0 saturated heterocycles. The molecule has 0 fully saturated rings. The zero-order valence-corrected chi connectivity index (χ0v) is 10.5. The molecule has 0 aliphatic carbocycles. The van der Waals surface area contributed by atoms with Crippen LogP contribution in [0.5, 0.6) is 0 Å². The fourth-order valence-corrected chi connectivity index (χ4v) is 1.55. The summed E-state index contributed by atoms with van der Waals surface area (Å²) >= 11 is 3.29. The van der Waals surface area contributed by atoms with Crippen LogP contribution in [0.4, 0.5) is 14.5 Å². The van der Waals surface area contributed by atoms with Crippen LogP contribution in [-0.4, -0.2) is 26.2 Å². The predicted octanol–water partition coefficient (Wildman–Crippen LogP) is 3.01. The molecule has 0 atom stereocenters. The van der Waals surface area contributed by atoms with Crippen molar-refractivity contribution in [3.63, 3.8) is 0 Å². The Labute approximate surface area is 107 Å². The van der Waals surface area contributed by atoms with E-state index in [1.807, 2.05) is 6.07 Å². The quantitative estimate of drug-likeness (QED) is 0.822. The van der Waals surface area contributed by atoms with Gasteiger partial charge in [0, 0.05) is 11.0 Å². The van der Waals surface area contributed by atoms with Crippen LogP contribution in [0.25, 0.3) is 0 Å². The molecular weight excluding hydrogens is 294 g/mol. The van der Waals surface area contributed by atoms with Crippen molar-refractivity contribution in [2.75, 3.05) is 25.1 Å². The highest BCUT2D eigenvalue weighted by atomic mass is 79.9. The Morgan fingerprint density at radius 3 is 2.88 bits per heavy atom. The molecule has 0 bridgehead atoms. The summed E-state index contributed by atoms with van der Waals surface area (Å²) in [7, 11) is 0. The van der Waals surface area contributed by atoms with Gasteiger partial charge in [0.25, 0.3) is 6.43 Å². The van der Waals surface area contributed by atoms with Crippen LogP contribution in [0.15, 0.2) is 22.7 Å². The van der Waals surface area contributed by atoms with E-state index in [0.717, 1.165) is 4.47 Å². The lowest BCUT2D eigenvalue weighted by Crippen LogP contribution is -2.13. The third-order valence-electron chi connectivity index (χ3n) is 1.91. The van der Waals surface area contributed by atoms with Crippen molar-refractivity contribution in [3.8, 4) is 6.07 Å². The van der Waals surface area contributed by atoms with Gasteiger partial charge in [-0.2, -0.15) is 5.26 Å². The highest BCUT2D eigenvalue weighted by molar-refractivity contribution is 9.10. The summed E-state index contributed by atoms with van der Waals surface area (Å²) in [5.74, 6) is 0. The Morgan fingerprint density at radius 1 is 1.47 bits per heavy atom. The minimum Gasteiger partial charge on any atom is -0.382 e. The summed E-state index contributed by atoms with van der Waals surface area (Å²) in [5, 5.41) is 11.8. The standard InChI is InChI=1S/C11H11BrF2N2O/c12-9-2-1-8(6-15)10(5-9)16-3-4-17-7-11(13)14/h1-2,5,11,16H,3-4,7H2. The van der Waals surface area contributed by atoms with E-state index in [0.29, 0.717) is 17.8 Å². The van der Waals surface area contributed by atoms with Gasteiger partial charge in [-0.05, 0) is 18.2 Å². The maximum Gasteiger partial charge on any atom is 0.261 e. The molecule has 17 heavy (non-hydrogen) atoms. The molecule has 0 aliphatic heterocycles. The van der Waals surface area contributed by atoms with Gasteiger partial charge in [-0.1, -0.05) is 15.9 Å². The monoisotopic (exact) mass is 304 g/mol. The number of alkyl halides is 2. The van der Waals surface area contributed by atoms with E-state index in [2.05, 4.69) is 21.2 Å². The van der Waals surface area contributed by atoms with Crippen LogP contribution in [0.1, 0.15) is 5.56 Å². The molecule has 92 valence electrons. The first-order valence-corrected chi connectivity index (χ1v) is 5.72. The number of rotatable bonds is 6. The average molecular weight is 305 g/mol. The molecule has 0 aliphatic rings. The van der Waals surface area contributed by atoms with Gasteiger partial charge in [-0.15, -0.1) is 0 Å². The minimum atomic E-state index is -2.45. The van der Waals surface area contributed by atoms with Gasteiger partial charge in [0.05, 0.1) is 17.9 Å². The first-order valence-electron chi connectivity index (χ1n) is 4.93. The lowest BCUT2D eigenvalue weighted by Gasteiger charge is -2.09. The number of nitrogens with zero attached hydrogens (tertiary/aromatic N) is 1. The molecule has 1 N–H and O–H groups in total.